The molecule has 0 spiro atoms. The summed E-state index contributed by atoms with van der Waals surface area (Å²) < 4.78 is 14.5. The summed E-state index contributed by atoms with van der Waals surface area (Å²) in [5.41, 5.74) is 6.78. The van der Waals surface area contributed by atoms with Crippen molar-refractivity contribution >= 4 is 27.3 Å². The van der Waals surface area contributed by atoms with Crippen molar-refractivity contribution in [3.8, 4) is 0 Å². The van der Waals surface area contributed by atoms with E-state index in [1.54, 1.807) is 17.4 Å². The maximum absolute atomic E-state index is 13.6. The monoisotopic (exact) mass is 341 g/mol. The van der Waals surface area contributed by atoms with E-state index < -0.39 is 0 Å². The lowest BCUT2D eigenvalue weighted by atomic mass is 10.0. The first-order valence-corrected chi connectivity index (χ1v) is 8.04. The van der Waals surface area contributed by atoms with Gasteiger partial charge in [-0.3, -0.25) is 0 Å². The number of benzene rings is 1. The number of thiophene rings is 1. The first-order chi connectivity index (χ1) is 9.15. The normalized spacial score (nSPS) is 12.6. The summed E-state index contributed by atoms with van der Waals surface area (Å²) in [6.07, 6.45) is 3.63. The minimum absolute atomic E-state index is 0.0174. The second-order valence-electron chi connectivity index (χ2n) is 4.67. The Labute approximate surface area is 125 Å². The van der Waals surface area contributed by atoms with E-state index in [0.717, 1.165) is 23.7 Å². The molecule has 0 aliphatic heterocycles. The summed E-state index contributed by atoms with van der Waals surface area (Å²) in [6.45, 7) is 0. The highest BCUT2D eigenvalue weighted by Gasteiger charge is 2.09. The Morgan fingerprint density at radius 2 is 2.16 bits per heavy atom. The van der Waals surface area contributed by atoms with Crippen LogP contribution in [0.5, 0.6) is 0 Å². The average molecular weight is 342 g/mol. The predicted octanol–water partition coefficient (Wildman–Crippen LogP) is 4.54. The van der Waals surface area contributed by atoms with Gasteiger partial charge in [0.05, 0.1) is 0 Å². The van der Waals surface area contributed by atoms with Crippen molar-refractivity contribution in [3.63, 3.8) is 0 Å². The summed E-state index contributed by atoms with van der Waals surface area (Å²) in [5.74, 6) is -0.170. The van der Waals surface area contributed by atoms with Crippen LogP contribution in [0.15, 0.2) is 40.2 Å². The maximum Gasteiger partial charge on any atom is 0.126 e. The van der Waals surface area contributed by atoms with Gasteiger partial charge in [0, 0.05) is 15.4 Å². The number of hydrogen-bond donors (Lipinski definition) is 1. The molecule has 1 heterocycles. The summed E-state index contributed by atoms with van der Waals surface area (Å²) in [5, 5.41) is 2.09. The first-order valence-electron chi connectivity index (χ1n) is 6.37. The van der Waals surface area contributed by atoms with E-state index in [0.29, 0.717) is 12.0 Å². The molecule has 0 radical (unpaired) electrons. The van der Waals surface area contributed by atoms with Gasteiger partial charge in [-0.15, -0.1) is 11.3 Å². The van der Waals surface area contributed by atoms with Gasteiger partial charge in [-0.05, 0) is 60.9 Å². The van der Waals surface area contributed by atoms with E-state index in [1.807, 2.05) is 6.07 Å². The van der Waals surface area contributed by atoms with Crippen LogP contribution in [0.4, 0.5) is 4.39 Å². The zero-order valence-corrected chi connectivity index (χ0v) is 13.0. The lowest BCUT2D eigenvalue weighted by molar-refractivity contribution is 0.552. The van der Waals surface area contributed by atoms with E-state index in [1.165, 1.54) is 10.9 Å². The van der Waals surface area contributed by atoms with E-state index in [2.05, 4.69) is 33.4 Å². The summed E-state index contributed by atoms with van der Waals surface area (Å²) in [7, 11) is 0. The number of rotatable bonds is 6. The van der Waals surface area contributed by atoms with E-state index in [4.69, 9.17) is 5.73 Å². The van der Waals surface area contributed by atoms with Crippen LogP contribution < -0.4 is 5.73 Å². The van der Waals surface area contributed by atoms with Crippen LogP contribution in [-0.4, -0.2) is 6.04 Å². The fraction of sp³-hybridized carbons (Fsp3) is 0.333. The second kappa shape index (κ2) is 7.17. The van der Waals surface area contributed by atoms with Crippen LogP contribution in [0.25, 0.3) is 0 Å². The molecule has 0 aliphatic rings. The van der Waals surface area contributed by atoms with Gasteiger partial charge >= 0.3 is 0 Å². The van der Waals surface area contributed by atoms with Gasteiger partial charge in [-0.2, -0.15) is 0 Å². The molecule has 0 bridgehead atoms. The van der Waals surface area contributed by atoms with E-state index in [9.17, 15) is 4.39 Å². The quantitative estimate of drug-likeness (QED) is 0.819. The van der Waals surface area contributed by atoms with Crippen LogP contribution in [0.3, 0.4) is 0 Å². The molecular weight excluding hydrogens is 325 g/mol. The van der Waals surface area contributed by atoms with Gasteiger partial charge in [0.25, 0.3) is 0 Å². The molecule has 1 aromatic heterocycles. The fourth-order valence-electron chi connectivity index (χ4n) is 2.08. The third-order valence-electron chi connectivity index (χ3n) is 3.07. The lowest BCUT2D eigenvalue weighted by Crippen LogP contribution is -2.23. The third-order valence-corrected chi connectivity index (χ3v) is 4.50. The highest BCUT2D eigenvalue weighted by molar-refractivity contribution is 9.10. The molecule has 0 saturated carbocycles. The molecule has 2 aromatic rings. The predicted molar refractivity (Wildman–Crippen MR) is 83.0 cm³/mol. The molecule has 1 aromatic carbocycles. The van der Waals surface area contributed by atoms with Crippen molar-refractivity contribution in [2.24, 2.45) is 5.73 Å². The highest BCUT2D eigenvalue weighted by atomic mass is 79.9. The number of aryl methyl sites for hydroxylation is 1. The van der Waals surface area contributed by atoms with Crippen molar-refractivity contribution in [1.82, 2.24) is 0 Å². The summed E-state index contributed by atoms with van der Waals surface area (Å²) in [4.78, 5) is 1.39. The Morgan fingerprint density at radius 3 is 2.89 bits per heavy atom. The Kier molecular flexibility index (Phi) is 5.55. The molecule has 4 heteroatoms. The van der Waals surface area contributed by atoms with Crippen LogP contribution in [0.2, 0.25) is 0 Å². The molecule has 0 fully saturated rings. The minimum Gasteiger partial charge on any atom is -0.327 e. The van der Waals surface area contributed by atoms with Gasteiger partial charge in [0.2, 0.25) is 0 Å². The second-order valence-corrected chi connectivity index (χ2v) is 6.62. The molecule has 0 aliphatic carbocycles. The van der Waals surface area contributed by atoms with Crippen LogP contribution in [-0.2, 0) is 12.8 Å². The fourth-order valence-corrected chi connectivity index (χ4v) is 3.24. The smallest absolute Gasteiger partial charge is 0.126 e. The zero-order chi connectivity index (χ0) is 13.7. The van der Waals surface area contributed by atoms with Crippen molar-refractivity contribution in [2.45, 2.75) is 31.7 Å². The van der Waals surface area contributed by atoms with Gasteiger partial charge in [-0.1, -0.05) is 22.0 Å². The van der Waals surface area contributed by atoms with Gasteiger partial charge in [-0.25, -0.2) is 4.39 Å². The highest BCUT2D eigenvalue weighted by Crippen LogP contribution is 2.18. The standard InChI is InChI=1S/C15H17BrFNS/c16-12-6-7-15(17)11(9-12)10-13(18)3-1-4-14-5-2-8-19-14/h2,5-9,13H,1,3-4,10,18H2. The Hall–Kier alpha value is -0.710. The molecule has 102 valence electrons. The number of nitrogens with two attached hydrogens (primary N) is 1. The average Bonchev–Trinajstić information content (AvgIpc) is 2.87. The Bertz CT molecular complexity index is 513. The van der Waals surface area contributed by atoms with Crippen molar-refractivity contribution in [3.05, 3.63) is 56.4 Å². The molecule has 2 N–H and O–H groups in total. The third kappa shape index (κ3) is 4.71. The molecule has 1 atom stereocenters. The zero-order valence-electron chi connectivity index (χ0n) is 10.6. The summed E-state index contributed by atoms with van der Waals surface area (Å²) >= 11 is 5.13. The topological polar surface area (TPSA) is 26.0 Å². The van der Waals surface area contributed by atoms with Crippen molar-refractivity contribution in [2.75, 3.05) is 0 Å². The van der Waals surface area contributed by atoms with Crippen LogP contribution in [0, 0.1) is 5.82 Å². The molecule has 2 rings (SSSR count). The Balaban J connectivity index is 1.80. The van der Waals surface area contributed by atoms with Gasteiger partial charge in [0.1, 0.15) is 5.82 Å². The van der Waals surface area contributed by atoms with Crippen molar-refractivity contribution < 1.29 is 4.39 Å². The molecule has 0 amide bonds. The lowest BCUT2D eigenvalue weighted by Gasteiger charge is -2.12. The SMILES string of the molecule is NC(CCCc1cccs1)Cc1cc(Br)ccc1F. The maximum atomic E-state index is 13.6. The van der Waals surface area contributed by atoms with E-state index in [-0.39, 0.29) is 11.9 Å². The van der Waals surface area contributed by atoms with Crippen molar-refractivity contribution in [1.29, 1.82) is 0 Å². The number of halogens is 2. The first kappa shape index (κ1) is 14.7. The minimum atomic E-state index is -0.170. The van der Waals surface area contributed by atoms with E-state index >= 15 is 0 Å². The largest absolute Gasteiger partial charge is 0.327 e. The van der Waals surface area contributed by atoms with Gasteiger partial charge in [0.15, 0.2) is 0 Å². The molecular formula is C15H17BrFNS. The molecule has 19 heavy (non-hydrogen) atoms. The number of hydrogen-bond acceptors (Lipinski definition) is 2. The Morgan fingerprint density at radius 1 is 1.32 bits per heavy atom. The molecule has 1 unspecified atom stereocenters. The summed E-state index contributed by atoms with van der Waals surface area (Å²) in [6, 6.07) is 9.23. The molecule has 0 saturated heterocycles. The molecule has 1 nitrogen and oxygen atoms in total. The van der Waals surface area contributed by atoms with Gasteiger partial charge < -0.3 is 5.73 Å². The van der Waals surface area contributed by atoms with Crippen LogP contribution >= 0.6 is 27.3 Å². The van der Waals surface area contributed by atoms with Crippen LogP contribution in [0.1, 0.15) is 23.3 Å².